The summed E-state index contributed by atoms with van der Waals surface area (Å²) in [5, 5.41) is 1.08. The Bertz CT molecular complexity index is 1180. The largest absolute Gasteiger partial charge is 0.497 e. The highest BCUT2D eigenvalue weighted by Gasteiger charge is 2.43. The third-order valence-corrected chi connectivity index (χ3v) is 7.13. The summed E-state index contributed by atoms with van der Waals surface area (Å²) in [5.41, 5.74) is 3.12. The van der Waals surface area contributed by atoms with E-state index in [9.17, 15) is 0 Å². The number of fused-ring (bicyclic) bond motifs is 4. The molecule has 0 radical (unpaired) electrons. The van der Waals surface area contributed by atoms with Crippen molar-refractivity contribution >= 4 is 10.9 Å². The van der Waals surface area contributed by atoms with Crippen LogP contribution < -0.4 is 4.74 Å². The molecule has 6 rings (SSSR count). The highest BCUT2D eigenvalue weighted by Crippen LogP contribution is 2.43. The molecular formula is C29H30N2O2. The van der Waals surface area contributed by atoms with E-state index in [0.717, 1.165) is 47.3 Å². The molecule has 3 saturated heterocycles. The molecule has 3 aliphatic heterocycles. The Hall–Kier alpha value is -3.13. The number of hydrogen-bond donors (Lipinski definition) is 0. The summed E-state index contributed by atoms with van der Waals surface area (Å²) in [7, 11) is 1.70. The number of pyridine rings is 1. The molecule has 0 N–H and O–H groups in total. The minimum Gasteiger partial charge on any atom is -0.497 e. The average Bonchev–Trinajstić information content (AvgIpc) is 2.89. The molecule has 2 aromatic carbocycles. The van der Waals surface area contributed by atoms with Gasteiger partial charge < -0.3 is 9.47 Å². The van der Waals surface area contributed by atoms with Crippen LogP contribution in [0.15, 0.2) is 73.4 Å². The highest BCUT2D eigenvalue weighted by molar-refractivity contribution is 5.84. The van der Waals surface area contributed by atoms with Gasteiger partial charge in [0.2, 0.25) is 0 Å². The highest BCUT2D eigenvalue weighted by atomic mass is 16.5. The average molecular weight is 439 g/mol. The zero-order valence-corrected chi connectivity index (χ0v) is 19.1. The Kier molecular flexibility index (Phi) is 6.44. The third kappa shape index (κ3) is 4.53. The van der Waals surface area contributed by atoms with Crippen LogP contribution in [-0.2, 0) is 4.74 Å². The number of nitrogens with zero attached hydrogens (tertiary/aromatic N) is 2. The third-order valence-electron chi connectivity index (χ3n) is 7.13. The van der Waals surface area contributed by atoms with Crippen LogP contribution in [0.3, 0.4) is 0 Å². The first-order valence-electron chi connectivity index (χ1n) is 11.7. The molecule has 33 heavy (non-hydrogen) atoms. The zero-order chi connectivity index (χ0) is 22.6. The van der Waals surface area contributed by atoms with E-state index in [-0.39, 0.29) is 6.10 Å². The molecular weight excluding hydrogens is 408 g/mol. The van der Waals surface area contributed by atoms with Crippen LogP contribution in [0.2, 0.25) is 0 Å². The van der Waals surface area contributed by atoms with Crippen molar-refractivity contribution in [2.45, 2.75) is 25.0 Å². The monoisotopic (exact) mass is 438 g/mol. The van der Waals surface area contributed by atoms with Gasteiger partial charge in [0.15, 0.2) is 0 Å². The number of piperidine rings is 3. The molecule has 4 heteroatoms. The van der Waals surface area contributed by atoms with Crippen LogP contribution in [0.25, 0.3) is 10.9 Å². The van der Waals surface area contributed by atoms with Gasteiger partial charge in [0.25, 0.3) is 0 Å². The van der Waals surface area contributed by atoms with E-state index < -0.39 is 0 Å². The molecule has 5 atom stereocenters. The van der Waals surface area contributed by atoms with E-state index in [2.05, 4.69) is 46.5 Å². The molecule has 168 valence electrons. The molecule has 4 nitrogen and oxygen atoms in total. The number of methoxy groups -OCH3 is 1. The van der Waals surface area contributed by atoms with Gasteiger partial charge in [-0.3, -0.25) is 9.88 Å². The van der Waals surface area contributed by atoms with Crippen LogP contribution in [0.1, 0.15) is 30.1 Å². The van der Waals surface area contributed by atoms with Crippen molar-refractivity contribution in [2.75, 3.05) is 26.8 Å². The van der Waals surface area contributed by atoms with E-state index in [0.29, 0.717) is 24.5 Å². The summed E-state index contributed by atoms with van der Waals surface area (Å²) >= 11 is 0. The Balaban J connectivity index is 1.48. The van der Waals surface area contributed by atoms with Gasteiger partial charge in [0.1, 0.15) is 12.4 Å². The van der Waals surface area contributed by atoms with Crippen molar-refractivity contribution in [2.24, 2.45) is 11.8 Å². The van der Waals surface area contributed by atoms with Crippen molar-refractivity contribution in [3.05, 3.63) is 84.6 Å². The summed E-state index contributed by atoms with van der Waals surface area (Å²) < 4.78 is 12.1. The van der Waals surface area contributed by atoms with Crippen LogP contribution >= 0.6 is 0 Å². The van der Waals surface area contributed by atoms with Crippen molar-refractivity contribution in [3.8, 4) is 17.6 Å². The topological polar surface area (TPSA) is 34.6 Å². The van der Waals surface area contributed by atoms with Crippen molar-refractivity contribution in [1.82, 2.24) is 9.88 Å². The van der Waals surface area contributed by atoms with Gasteiger partial charge in [-0.15, -0.1) is 6.58 Å². The number of aromatic nitrogens is 1. The molecule has 0 aliphatic carbocycles. The quantitative estimate of drug-likeness (QED) is 0.389. The van der Waals surface area contributed by atoms with Crippen LogP contribution in [0.4, 0.5) is 0 Å². The molecule has 4 heterocycles. The van der Waals surface area contributed by atoms with E-state index in [1.807, 2.05) is 48.7 Å². The molecule has 0 amide bonds. The van der Waals surface area contributed by atoms with Gasteiger partial charge in [0.05, 0.1) is 18.7 Å². The smallest absolute Gasteiger partial charge is 0.119 e. The fraction of sp³-hybridized carbons (Fsp3) is 0.345. The van der Waals surface area contributed by atoms with Crippen LogP contribution in [0.5, 0.6) is 5.75 Å². The first kappa shape index (κ1) is 21.7. The Labute approximate surface area is 196 Å². The maximum atomic E-state index is 6.58. The molecule has 0 saturated carbocycles. The predicted molar refractivity (Wildman–Crippen MR) is 132 cm³/mol. The molecule has 2 bridgehead atoms. The second kappa shape index (κ2) is 9.79. The van der Waals surface area contributed by atoms with Gasteiger partial charge >= 0.3 is 0 Å². The standard InChI is InChI=1S/C29H30N2O2/c1-3-22-20-31-16-14-23(22)18-28(31)29(33-17-7-10-21-8-5-4-6-9-21)25-13-15-30-27-12-11-24(32-2)19-26(25)27/h3-6,8-9,11-13,15,19,22-23,28-29H,1,14,16-18,20H2,2H3/t22?,23?,28?,29-/m1/s1. The lowest BCUT2D eigenvalue weighted by Gasteiger charge is -2.51. The number of benzene rings is 2. The lowest BCUT2D eigenvalue weighted by Crippen LogP contribution is -2.55. The molecule has 0 spiro atoms. The lowest BCUT2D eigenvalue weighted by atomic mass is 9.73. The van der Waals surface area contributed by atoms with E-state index in [1.54, 1.807) is 7.11 Å². The second-order valence-corrected chi connectivity index (χ2v) is 8.93. The molecule has 1 aromatic heterocycles. The molecule has 3 fully saturated rings. The van der Waals surface area contributed by atoms with Gasteiger partial charge in [-0.05, 0) is 73.2 Å². The lowest BCUT2D eigenvalue weighted by molar-refractivity contribution is -0.0673. The summed E-state index contributed by atoms with van der Waals surface area (Å²) in [4.78, 5) is 7.18. The molecule has 3 aliphatic rings. The Morgan fingerprint density at radius 3 is 2.85 bits per heavy atom. The Morgan fingerprint density at radius 1 is 1.21 bits per heavy atom. The van der Waals surface area contributed by atoms with Gasteiger partial charge in [0, 0.05) is 29.7 Å². The predicted octanol–water partition coefficient (Wildman–Crippen LogP) is 5.25. The fourth-order valence-electron chi connectivity index (χ4n) is 5.41. The molecule has 3 aromatic rings. The number of hydrogen-bond acceptors (Lipinski definition) is 4. The SMILES string of the molecule is C=CC1CN2CCC1CC2[C@H](OCC#Cc1ccccc1)c1ccnc2ccc(OC)cc12. The van der Waals surface area contributed by atoms with Crippen molar-refractivity contribution in [3.63, 3.8) is 0 Å². The summed E-state index contributed by atoms with van der Waals surface area (Å²) in [6, 6.07) is 18.5. The minimum atomic E-state index is -0.0822. The maximum Gasteiger partial charge on any atom is 0.119 e. The van der Waals surface area contributed by atoms with E-state index in [1.165, 1.54) is 6.42 Å². The summed E-state index contributed by atoms with van der Waals surface area (Å²) in [6.07, 6.45) is 6.29. The van der Waals surface area contributed by atoms with Crippen LogP contribution in [-0.4, -0.2) is 42.7 Å². The normalized spacial score (nSPS) is 24.6. The first-order chi connectivity index (χ1) is 16.3. The van der Waals surface area contributed by atoms with Gasteiger partial charge in [-0.25, -0.2) is 0 Å². The first-order valence-corrected chi connectivity index (χ1v) is 11.7. The van der Waals surface area contributed by atoms with Crippen molar-refractivity contribution < 1.29 is 9.47 Å². The summed E-state index contributed by atoms with van der Waals surface area (Å²) in [5.74, 6) is 8.52. The maximum absolute atomic E-state index is 6.58. The van der Waals surface area contributed by atoms with E-state index >= 15 is 0 Å². The van der Waals surface area contributed by atoms with Gasteiger partial charge in [-0.2, -0.15) is 0 Å². The van der Waals surface area contributed by atoms with E-state index in [4.69, 9.17) is 9.47 Å². The number of ether oxygens (including phenoxy) is 2. The summed E-state index contributed by atoms with van der Waals surface area (Å²) in [6.45, 7) is 6.63. The van der Waals surface area contributed by atoms with Crippen LogP contribution in [0, 0.1) is 23.7 Å². The minimum absolute atomic E-state index is 0.0822. The Morgan fingerprint density at radius 2 is 2.09 bits per heavy atom. The number of rotatable bonds is 6. The molecule has 4 unspecified atom stereocenters. The second-order valence-electron chi connectivity index (χ2n) is 8.93. The fourth-order valence-corrected chi connectivity index (χ4v) is 5.41. The van der Waals surface area contributed by atoms with Gasteiger partial charge in [-0.1, -0.05) is 36.1 Å². The van der Waals surface area contributed by atoms with Crippen molar-refractivity contribution in [1.29, 1.82) is 0 Å². The zero-order valence-electron chi connectivity index (χ0n) is 19.1.